The maximum Gasteiger partial charge on any atom is 0.332 e. The molecule has 6 N–H and O–H groups in total. The number of amides is 1. The zero-order valence-corrected chi connectivity index (χ0v) is 21.2. The number of nitrogens with two attached hydrogens (primary N) is 1. The molecule has 5 atom stereocenters. The number of carboxylic acids is 1. The topological polar surface area (TPSA) is 197 Å². The summed E-state index contributed by atoms with van der Waals surface area (Å²) in [4.78, 5) is 46.5. The number of likely N-dealkylation sites (tertiary alicyclic amines) is 1. The van der Waals surface area contributed by atoms with E-state index < -0.39 is 47.1 Å². The van der Waals surface area contributed by atoms with Crippen molar-refractivity contribution in [3.05, 3.63) is 29.1 Å². The van der Waals surface area contributed by atoms with Crippen molar-refractivity contribution in [1.29, 1.82) is 0 Å². The number of Topliss-reactive ketones (excluding diaryl/α,β-unsaturated/α-hetero) is 1. The third kappa shape index (κ3) is 5.01. The van der Waals surface area contributed by atoms with Crippen LogP contribution in [-0.4, -0.2) is 116 Å². The van der Waals surface area contributed by atoms with E-state index in [2.05, 4.69) is 19.8 Å². The first-order valence-corrected chi connectivity index (χ1v) is 12.9. The zero-order valence-electron chi connectivity index (χ0n) is 19.5. The number of likely N-dealkylation sites (N-methyl/N-ethyl adjacent to an activating group) is 1. The van der Waals surface area contributed by atoms with Crippen LogP contribution in [0.5, 0.6) is 0 Å². The van der Waals surface area contributed by atoms with E-state index in [1.54, 1.807) is 6.08 Å². The minimum atomic E-state index is -1.18. The van der Waals surface area contributed by atoms with Gasteiger partial charge >= 0.3 is 5.97 Å². The van der Waals surface area contributed by atoms with Gasteiger partial charge in [-0.1, -0.05) is 11.2 Å². The fraction of sp³-hybridized carbons (Fsp3) is 0.524. The summed E-state index contributed by atoms with van der Waals surface area (Å²) in [5, 5.41) is 35.5. The Morgan fingerprint density at radius 2 is 2.03 bits per heavy atom. The molecule has 0 bridgehead atoms. The Hall–Kier alpha value is -2.85. The van der Waals surface area contributed by atoms with Crippen LogP contribution in [0.15, 0.2) is 28.5 Å². The number of carbonyl (C=O) groups is 3. The number of carboxylic acid groups (broad SMARTS) is 1. The average molecular weight is 540 g/mol. The summed E-state index contributed by atoms with van der Waals surface area (Å²) in [6, 6.07) is -0.900. The van der Waals surface area contributed by atoms with E-state index in [9.17, 15) is 29.7 Å². The molecular weight excluding hydrogens is 512 g/mol. The lowest BCUT2D eigenvalue weighted by Gasteiger charge is -2.45. The highest BCUT2D eigenvalue weighted by Gasteiger charge is 2.56. The number of hydrogen-bond acceptors (Lipinski definition) is 12. The number of carbonyl (C=O) groups excluding carboxylic acids is 2. The van der Waals surface area contributed by atoms with Crippen molar-refractivity contribution in [1.82, 2.24) is 14.7 Å². The van der Waals surface area contributed by atoms with Gasteiger partial charge in [0.2, 0.25) is 11.5 Å². The fourth-order valence-electron chi connectivity index (χ4n) is 4.75. The maximum atomic E-state index is 13.0. The standard InChI is InChI=1S/C21H26N6O7S2/c1-27(6-10(28)11(29)7-27)5-3-4-9-8-35-17-13(12(9)20(32)33)16(30)14(17)23-19(31)15(25-34-2)18-24-21(22)36-26-18/h3-4,10-11,13-14,17,28-29H,5-8H2,1-2H3,(H3-,22,23,24,26,31,32,33)/p+1/b4-3+,25-15-/t10-,11-,13?,14+,17-/m0/s1. The second-order valence-electron chi connectivity index (χ2n) is 9.13. The Balaban J connectivity index is 1.47. The molecule has 4 rings (SSSR count). The number of oxime groups is 1. The van der Waals surface area contributed by atoms with Crippen LogP contribution in [0.1, 0.15) is 5.82 Å². The molecule has 15 heteroatoms. The van der Waals surface area contributed by atoms with Gasteiger partial charge in [0, 0.05) is 22.5 Å². The summed E-state index contributed by atoms with van der Waals surface area (Å²) in [7, 11) is 3.15. The molecule has 36 heavy (non-hydrogen) atoms. The molecule has 13 nitrogen and oxygen atoms in total. The first-order chi connectivity index (χ1) is 17.0. The van der Waals surface area contributed by atoms with Crippen LogP contribution in [0.3, 0.4) is 0 Å². The lowest BCUT2D eigenvalue weighted by Crippen LogP contribution is -2.65. The number of fused-ring (bicyclic) bond motifs is 1. The van der Waals surface area contributed by atoms with E-state index in [1.165, 1.54) is 18.9 Å². The molecule has 1 saturated carbocycles. The van der Waals surface area contributed by atoms with E-state index >= 15 is 0 Å². The van der Waals surface area contributed by atoms with Crippen LogP contribution in [0.4, 0.5) is 5.13 Å². The Bertz CT molecular complexity index is 1160. The fourth-order valence-corrected chi connectivity index (χ4v) is 6.67. The van der Waals surface area contributed by atoms with Crippen LogP contribution in [0, 0.1) is 5.92 Å². The lowest BCUT2D eigenvalue weighted by molar-refractivity contribution is -0.894. The molecule has 1 saturated heterocycles. The Kier molecular flexibility index (Phi) is 7.47. The average Bonchev–Trinajstić information content (AvgIpc) is 3.36. The Morgan fingerprint density at radius 3 is 2.61 bits per heavy atom. The van der Waals surface area contributed by atoms with Gasteiger partial charge in [0.25, 0.3) is 5.91 Å². The van der Waals surface area contributed by atoms with Crippen molar-refractivity contribution in [2.45, 2.75) is 23.5 Å². The molecule has 0 aromatic carbocycles. The predicted molar refractivity (Wildman–Crippen MR) is 131 cm³/mol. The summed E-state index contributed by atoms with van der Waals surface area (Å²) in [5.74, 6) is -2.87. The van der Waals surface area contributed by atoms with Crippen LogP contribution in [-0.2, 0) is 19.2 Å². The van der Waals surface area contributed by atoms with Crippen molar-refractivity contribution in [3.63, 3.8) is 0 Å². The molecule has 2 aliphatic heterocycles. The Labute approximate surface area is 214 Å². The Morgan fingerprint density at radius 1 is 1.33 bits per heavy atom. The van der Waals surface area contributed by atoms with Gasteiger partial charge in [-0.05, 0) is 11.6 Å². The van der Waals surface area contributed by atoms with Gasteiger partial charge in [-0.25, -0.2) is 4.79 Å². The van der Waals surface area contributed by atoms with E-state index in [4.69, 9.17) is 10.6 Å². The van der Waals surface area contributed by atoms with Gasteiger partial charge in [-0.15, -0.1) is 0 Å². The first kappa shape index (κ1) is 26.2. The van der Waals surface area contributed by atoms with Gasteiger partial charge in [-0.2, -0.15) is 21.1 Å². The molecule has 0 radical (unpaired) electrons. The lowest BCUT2D eigenvalue weighted by atomic mass is 9.71. The van der Waals surface area contributed by atoms with Gasteiger partial charge in [0.1, 0.15) is 38.4 Å². The second kappa shape index (κ2) is 10.3. The number of rotatable bonds is 8. The molecular formula is C21H27N6O7S2+. The highest BCUT2D eigenvalue weighted by atomic mass is 32.2. The van der Waals surface area contributed by atoms with E-state index in [1.807, 2.05) is 13.1 Å². The number of ketones is 1. The van der Waals surface area contributed by atoms with E-state index in [0.29, 0.717) is 35.4 Å². The second-order valence-corrected chi connectivity index (χ2v) is 11.1. The van der Waals surface area contributed by atoms with Crippen LogP contribution < -0.4 is 11.1 Å². The van der Waals surface area contributed by atoms with E-state index in [-0.39, 0.29) is 22.2 Å². The number of aliphatic carboxylic acids is 1. The number of nitrogen functional groups attached to an aromatic ring is 1. The number of allylic oxidation sites excluding steroid dienone is 1. The minimum absolute atomic E-state index is 0.0226. The van der Waals surface area contributed by atoms with Crippen LogP contribution in [0.25, 0.3) is 0 Å². The zero-order chi connectivity index (χ0) is 26.2. The molecule has 2 fully saturated rings. The van der Waals surface area contributed by atoms with Crippen molar-refractivity contribution in [3.8, 4) is 0 Å². The molecule has 1 aromatic heterocycles. The number of quaternary nitrogens is 1. The summed E-state index contributed by atoms with van der Waals surface area (Å²) < 4.78 is 4.37. The molecule has 1 amide bonds. The highest BCUT2D eigenvalue weighted by molar-refractivity contribution is 8.00. The number of nitrogens with one attached hydrogen (secondary N) is 1. The predicted octanol–water partition coefficient (Wildman–Crippen LogP) is -1.61. The minimum Gasteiger partial charge on any atom is -0.478 e. The maximum absolute atomic E-state index is 13.0. The van der Waals surface area contributed by atoms with Crippen LogP contribution >= 0.6 is 23.3 Å². The normalized spacial score (nSPS) is 29.7. The number of nitrogens with zero attached hydrogens (tertiary/aromatic N) is 4. The number of anilines is 1. The molecule has 1 aromatic rings. The third-order valence-electron chi connectivity index (χ3n) is 6.49. The molecule has 3 heterocycles. The SMILES string of the molecule is CO/N=C(\C(=O)N[C@@H]1C(=O)C2C(C(=O)O)=C(/C=C/C[N+]3(C)C[C@H](O)[C@@H](O)C3)CS[C@@H]21)c1nsc(N)n1. The largest absolute Gasteiger partial charge is 0.478 e. The van der Waals surface area contributed by atoms with Crippen molar-refractivity contribution in [2.24, 2.45) is 11.1 Å². The molecule has 3 aliphatic rings. The van der Waals surface area contributed by atoms with Gasteiger partial charge in [0.05, 0.1) is 25.1 Å². The molecule has 194 valence electrons. The number of aliphatic hydroxyl groups excluding tert-OH is 2. The van der Waals surface area contributed by atoms with Crippen molar-refractivity contribution in [2.75, 3.05) is 45.3 Å². The molecule has 0 spiro atoms. The smallest absolute Gasteiger partial charge is 0.332 e. The number of thioether (sulfide) groups is 1. The van der Waals surface area contributed by atoms with Crippen molar-refractivity contribution >= 4 is 51.8 Å². The highest BCUT2D eigenvalue weighted by Crippen LogP contribution is 2.45. The third-order valence-corrected chi connectivity index (χ3v) is 8.44. The van der Waals surface area contributed by atoms with Crippen LogP contribution in [0.2, 0.25) is 0 Å². The number of aliphatic hydroxyl groups is 2. The first-order valence-electron chi connectivity index (χ1n) is 11.0. The number of hydrogen-bond donors (Lipinski definition) is 5. The number of aromatic nitrogens is 2. The summed E-state index contributed by atoms with van der Waals surface area (Å²) >= 11 is 2.27. The molecule has 1 unspecified atom stereocenters. The summed E-state index contributed by atoms with van der Waals surface area (Å²) in [6.07, 6.45) is 1.93. The summed E-state index contributed by atoms with van der Waals surface area (Å²) in [5.41, 5.74) is 5.89. The van der Waals surface area contributed by atoms with Gasteiger partial charge in [0.15, 0.2) is 10.9 Å². The monoisotopic (exact) mass is 539 g/mol. The van der Waals surface area contributed by atoms with E-state index in [0.717, 1.165) is 11.5 Å². The molecule has 1 aliphatic carbocycles. The van der Waals surface area contributed by atoms with Gasteiger partial charge < -0.3 is 35.7 Å². The van der Waals surface area contributed by atoms with Gasteiger partial charge in [-0.3, -0.25) is 9.59 Å². The quantitative estimate of drug-likeness (QED) is 0.145. The summed E-state index contributed by atoms with van der Waals surface area (Å²) in [6.45, 7) is 1.28. The van der Waals surface area contributed by atoms with Crippen molar-refractivity contribution < 1.29 is 39.0 Å².